The van der Waals surface area contributed by atoms with Crippen LogP contribution in [0.4, 0.5) is 5.69 Å². The first kappa shape index (κ1) is 23.5. The quantitative estimate of drug-likeness (QED) is 0.551. The molecule has 5 nitrogen and oxygen atoms in total. The first-order chi connectivity index (χ1) is 15.1. The number of nitrogens with zero attached hydrogens (tertiary/aromatic N) is 1. The molecule has 0 aromatic heterocycles. The second-order valence-electron chi connectivity index (χ2n) is 8.26. The minimum Gasteiger partial charge on any atom is -0.348 e. The van der Waals surface area contributed by atoms with Crippen molar-refractivity contribution in [3.8, 4) is 0 Å². The molecular formula is C26H30N2O3S. The molecule has 0 fully saturated rings. The van der Waals surface area contributed by atoms with Crippen LogP contribution in [-0.2, 0) is 14.8 Å². The highest BCUT2D eigenvalue weighted by Gasteiger charge is 2.28. The molecule has 0 saturated carbocycles. The zero-order valence-corrected chi connectivity index (χ0v) is 20.0. The van der Waals surface area contributed by atoms with Gasteiger partial charge in [0.1, 0.15) is 6.54 Å². The number of sulfonamides is 1. The average molecular weight is 451 g/mol. The Bertz CT molecular complexity index is 1220. The van der Waals surface area contributed by atoms with Gasteiger partial charge in [-0.3, -0.25) is 9.10 Å². The van der Waals surface area contributed by atoms with Crippen LogP contribution in [0.5, 0.6) is 0 Å². The normalized spacial score (nSPS) is 12.3. The second kappa shape index (κ2) is 9.57. The summed E-state index contributed by atoms with van der Waals surface area (Å²) in [5, 5.41) is 2.97. The number of hydrogen-bond donors (Lipinski definition) is 1. The molecule has 3 rings (SSSR count). The van der Waals surface area contributed by atoms with Gasteiger partial charge in [0, 0.05) is 0 Å². The van der Waals surface area contributed by atoms with E-state index in [0.717, 1.165) is 27.8 Å². The van der Waals surface area contributed by atoms with E-state index < -0.39 is 10.0 Å². The summed E-state index contributed by atoms with van der Waals surface area (Å²) < 4.78 is 28.3. The highest BCUT2D eigenvalue weighted by atomic mass is 32.2. The number of hydrogen-bond acceptors (Lipinski definition) is 3. The van der Waals surface area contributed by atoms with E-state index in [-0.39, 0.29) is 23.4 Å². The van der Waals surface area contributed by atoms with E-state index in [1.165, 1.54) is 4.31 Å². The van der Waals surface area contributed by atoms with Gasteiger partial charge in [-0.05, 0) is 75.1 Å². The van der Waals surface area contributed by atoms with Crippen LogP contribution in [0.2, 0.25) is 0 Å². The molecule has 3 aromatic rings. The molecule has 1 N–H and O–H groups in total. The SMILES string of the molecule is Cc1ccc([C@H](C)NC(=O)CN(c2cc(C)ccc2C)S(=O)(=O)c2ccccc2)c(C)c1. The van der Waals surface area contributed by atoms with Crippen LogP contribution in [0.25, 0.3) is 0 Å². The molecule has 3 aromatic carbocycles. The van der Waals surface area contributed by atoms with Gasteiger partial charge in [-0.15, -0.1) is 0 Å². The molecule has 0 bridgehead atoms. The molecule has 6 heteroatoms. The lowest BCUT2D eigenvalue weighted by molar-refractivity contribution is -0.120. The number of rotatable bonds is 7. The van der Waals surface area contributed by atoms with Crippen LogP contribution < -0.4 is 9.62 Å². The number of anilines is 1. The Kier molecular flexibility index (Phi) is 7.04. The fourth-order valence-corrected chi connectivity index (χ4v) is 5.31. The summed E-state index contributed by atoms with van der Waals surface area (Å²) in [5.74, 6) is -0.363. The van der Waals surface area contributed by atoms with E-state index >= 15 is 0 Å². The van der Waals surface area contributed by atoms with Crippen molar-refractivity contribution in [1.82, 2.24) is 5.32 Å². The van der Waals surface area contributed by atoms with Crippen LogP contribution in [-0.4, -0.2) is 20.9 Å². The van der Waals surface area contributed by atoms with E-state index in [4.69, 9.17) is 0 Å². The smallest absolute Gasteiger partial charge is 0.264 e. The van der Waals surface area contributed by atoms with Crippen molar-refractivity contribution in [1.29, 1.82) is 0 Å². The van der Waals surface area contributed by atoms with Gasteiger partial charge in [0.15, 0.2) is 0 Å². The lowest BCUT2D eigenvalue weighted by Gasteiger charge is -2.27. The van der Waals surface area contributed by atoms with Gasteiger partial charge in [0.05, 0.1) is 16.6 Å². The summed E-state index contributed by atoms with van der Waals surface area (Å²) in [6, 6.07) is 19.6. The Labute approximate surface area is 191 Å². The molecule has 168 valence electrons. The maximum atomic E-state index is 13.5. The number of aryl methyl sites for hydroxylation is 4. The molecule has 32 heavy (non-hydrogen) atoms. The van der Waals surface area contributed by atoms with Crippen molar-refractivity contribution in [2.24, 2.45) is 0 Å². The van der Waals surface area contributed by atoms with Crippen molar-refractivity contribution < 1.29 is 13.2 Å². The molecule has 0 unspecified atom stereocenters. The van der Waals surface area contributed by atoms with E-state index in [2.05, 4.69) is 11.4 Å². The molecule has 0 aliphatic heterocycles. The zero-order valence-electron chi connectivity index (χ0n) is 19.2. The predicted octanol–water partition coefficient (Wildman–Crippen LogP) is 4.99. The van der Waals surface area contributed by atoms with Crippen LogP contribution in [0.15, 0.2) is 71.6 Å². The van der Waals surface area contributed by atoms with Gasteiger partial charge < -0.3 is 5.32 Å². The monoisotopic (exact) mass is 450 g/mol. The second-order valence-corrected chi connectivity index (χ2v) is 10.1. The van der Waals surface area contributed by atoms with E-state index in [9.17, 15) is 13.2 Å². The lowest BCUT2D eigenvalue weighted by atomic mass is 10.0. The van der Waals surface area contributed by atoms with Crippen molar-refractivity contribution in [2.45, 2.75) is 45.6 Å². The first-order valence-corrected chi connectivity index (χ1v) is 12.0. The minimum atomic E-state index is -3.93. The van der Waals surface area contributed by atoms with Gasteiger partial charge in [-0.2, -0.15) is 0 Å². The largest absolute Gasteiger partial charge is 0.348 e. The van der Waals surface area contributed by atoms with Crippen molar-refractivity contribution >= 4 is 21.6 Å². The minimum absolute atomic E-state index is 0.149. The highest BCUT2D eigenvalue weighted by molar-refractivity contribution is 7.92. The molecule has 0 aliphatic rings. The summed E-state index contributed by atoms with van der Waals surface area (Å²) in [6.45, 7) is 9.38. The predicted molar refractivity (Wildman–Crippen MR) is 129 cm³/mol. The summed E-state index contributed by atoms with van der Waals surface area (Å²) in [7, 11) is -3.93. The summed E-state index contributed by atoms with van der Waals surface area (Å²) in [5.41, 5.74) is 5.45. The summed E-state index contributed by atoms with van der Waals surface area (Å²) in [4.78, 5) is 13.2. The topological polar surface area (TPSA) is 66.5 Å². The van der Waals surface area contributed by atoms with Gasteiger partial charge >= 0.3 is 0 Å². The molecule has 0 aliphatic carbocycles. The van der Waals surface area contributed by atoms with Crippen molar-refractivity contribution in [3.05, 3.63) is 94.5 Å². The Hall–Kier alpha value is -3.12. The van der Waals surface area contributed by atoms with E-state index in [1.54, 1.807) is 36.4 Å². The number of benzene rings is 3. The fraction of sp³-hybridized carbons (Fsp3) is 0.269. The lowest BCUT2D eigenvalue weighted by Crippen LogP contribution is -2.42. The Balaban J connectivity index is 1.94. The van der Waals surface area contributed by atoms with Gasteiger partial charge in [-0.25, -0.2) is 8.42 Å². The third-order valence-electron chi connectivity index (χ3n) is 5.52. The Morgan fingerprint density at radius 1 is 0.875 bits per heavy atom. The molecule has 0 spiro atoms. The third kappa shape index (κ3) is 5.19. The Morgan fingerprint density at radius 3 is 2.16 bits per heavy atom. The molecule has 1 atom stereocenters. The van der Waals surface area contributed by atoms with Crippen LogP contribution >= 0.6 is 0 Å². The first-order valence-electron chi connectivity index (χ1n) is 10.6. The summed E-state index contributed by atoms with van der Waals surface area (Å²) >= 11 is 0. The third-order valence-corrected chi connectivity index (χ3v) is 7.30. The Morgan fingerprint density at radius 2 is 1.50 bits per heavy atom. The standard InChI is InChI=1S/C26H30N2O3S/c1-18-12-14-24(21(4)15-18)22(5)27-26(29)17-28(25-16-19(2)11-13-20(25)3)32(30,31)23-9-7-6-8-10-23/h6-16,22H,17H2,1-5H3,(H,27,29)/t22-/m0/s1. The molecule has 0 radical (unpaired) electrons. The number of carbonyl (C=O) groups excluding carboxylic acids is 1. The number of carbonyl (C=O) groups is 1. The fourth-order valence-electron chi connectivity index (χ4n) is 3.81. The molecule has 0 heterocycles. The zero-order chi connectivity index (χ0) is 23.5. The molecular weight excluding hydrogens is 420 g/mol. The van der Waals surface area contributed by atoms with Gasteiger partial charge in [0.25, 0.3) is 10.0 Å². The molecule has 1 amide bonds. The average Bonchev–Trinajstić information content (AvgIpc) is 2.74. The van der Waals surface area contributed by atoms with Crippen LogP contribution in [0, 0.1) is 27.7 Å². The van der Waals surface area contributed by atoms with Crippen molar-refractivity contribution in [2.75, 3.05) is 10.8 Å². The van der Waals surface area contributed by atoms with Crippen LogP contribution in [0.3, 0.4) is 0 Å². The maximum Gasteiger partial charge on any atom is 0.264 e. The van der Waals surface area contributed by atoms with Crippen LogP contribution in [0.1, 0.15) is 40.8 Å². The number of amides is 1. The molecule has 0 saturated heterocycles. The van der Waals surface area contributed by atoms with E-state index in [0.29, 0.717) is 5.69 Å². The van der Waals surface area contributed by atoms with Gasteiger partial charge in [0.2, 0.25) is 5.91 Å². The van der Waals surface area contributed by atoms with Crippen molar-refractivity contribution in [3.63, 3.8) is 0 Å². The van der Waals surface area contributed by atoms with E-state index in [1.807, 2.05) is 58.9 Å². The highest BCUT2D eigenvalue weighted by Crippen LogP contribution is 2.28. The maximum absolute atomic E-state index is 13.5. The number of nitrogens with one attached hydrogen (secondary N) is 1. The summed E-state index contributed by atoms with van der Waals surface area (Å²) in [6.07, 6.45) is 0. The van der Waals surface area contributed by atoms with Gasteiger partial charge in [-0.1, -0.05) is 54.1 Å².